The summed E-state index contributed by atoms with van der Waals surface area (Å²) in [5.74, 6) is 0.440. The lowest BCUT2D eigenvalue weighted by atomic mass is 10.5. The third-order valence-electron chi connectivity index (χ3n) is 1.78. The molecule has 0 aliphatic carbocycles. The Bertz CT molecular complexity index is 417. The fraction of sp³-hybridized carbons (Fsp3) is 0.429. The van der Waals surface area contributed by atoms with E-state index >= 15 is 0 Å². The molecule has 0 spiro atoms. The number of aromatic nitrogens is 2. The van der Waals surface area contributed by atoms with Crippen LogP contribution in [-0.2, 0) is 14.1 Å². The van der Waals surface area contributed by atoms with Crippen molar-refractivity contribution in [2.45, 2.75) is 0 Å². The van der Waals surface area contributed by atoms with Gasteiger partial charge in [0.25, 0.3) is 5.56 Å². The van der Waals surface area contributed by atoms with Crippen LogP contribution < -0.4 is 22.1 Å². The van der Waals surface area contributed by atoms with Crippen LogP contribution >= 0.6 is 0 Å². The Kier molecular flexibility index (Phi) is 2.52. The Morgan fingerprint density at radius 3 is 2.38 bits per heavy atom. The molecule has 0 bridgehead atoms. The normalized spacial score (nSPS) is 10.1. The standard InChI is InChI=1S/C7H12N4O2/c1-8-9-5-4-6(12)11(3)7(13)10(5)2/h4,8-9H,1-3H3. The molecule has 6 heteroatoms. The van der Waals surface area contributed by atoms with Crippen LogP contribution in [-0.4, -0.2) is 16.2 Å². The molecule has 0 aliphatic rings. The van der Waals surface area contributed by atoms with Crippen molar-refractivity contribution in [1.29, 1.82) is 0 Å². The molecular weight excluding hydrogens is 172 g/mol. The summed E-state index contributed by atoms with van der Waals surface area (Å²) in [6.45, 7) is 0. The van der Waals surface area contributed by atoms with Crippen LogP contribution in [0.15, 0.2) is 15.7 Å². The molecular formula is C7H12N4O2. The summed E-state index contributed by atoms with van der Waals surface area (Å²) in [6.07, 6.45) is 0. The monoisotopic (exact) mass is 184 g/mol. The summed E-state index contributed by atoms with van der Waals surface area (Å²) in [5, 5.41) is 0. The summed E-state index contributed by atoms with van der Waals surface area (Å²) in [6, 6.07) is 1.35. The van der Waals surface area contributed by atoms with Crippen molar-refractivity contribution in [2.75, 3.05) is 12.5 Å². The number of hydrogen-bond donors (Lipinski definition) is 2. The quantitative estimate of drug-likeness (QED) is 0.556. The maximum absolute atomic E-state index is 11.3. The van der Waals surface area contributed by atoms with Crippen LogP contribution in [0, 0.1) is 0 Å². The van der Waals surface area contributed by atoms with Crippen LogP contribution in [0.5, 0.6) is 0 Å². The Balaban J connectivity index is 3.41. The first kappa shape index (κ1) is 9.53. The molecule has 0 aliphatic heterocycles. The van der Waals surface area contributed by atoms with E-state index < -0.39 is 0 Å². The van der Waals surface area contributed by atoms with Crippen LogP contribution in [0.2, 0.25) is 0 Å². The SMILES string of the molecule is CNNc1cc(=O)n(C)c(=O)n1C. The van der Waals surface area contributed by atoms with Gasteiger partial charge in [-0.05, 0) is 0 Å². The topological polar surface area (TPSA) is 68.1 Å². The third kappa shape index (κ3) is 1.62. The predicted octanol–water partition coefficient (Wildman–Crippen LogP) is -1.37. The summed E-state index contributed by atoms with van der Waals surface area (Å²) in [4.78, 5) is 22.5. The first-order valence-electron chi connectivity index (χ1n) is 3.77. The highest BCUT2D eigenvalue weighted by atomic mass is 16.2. The van der Waals surface area contributed by atoms with E-state index in [1.165, 1.54) is 17.7 Å². The van der Waals surface area contributed by atoms with Crippen LogP contribution in [0.1, 0.15) is 0 Å². The van der Waals surface area contributed by atoms with Crippen LogP contribution in [0.3, 0.4) is 0 Å². The number of hydrazine groups is 1. The second kappa shape index (κ2) is 3.44. The van der Waals surface area contributed by atoms with Crippen LogP contribution in [0.25, 0.3) is 0 Å². The first-order valence-corrected chi connectivity index (χ1v) is 3.77. The molecule has 0 atom stereocenters. The van der Waals surface area contributed by atoms with E-state index in [9.17, 15) is 9.59 Å². The Morgan fingerprint density at radius 1 is 1.23 bits per heavy atom. The molecule has 1 aromatic rings. The average molecular weight is 184 g/mol. The number of rotatable bonds is 2. The van der Waals surface area contributed by atoms with Crippen LogP contribution in [0.4, 0.5) is 5.82 Å². The van der Waals surface area contributed by atoms with Crippen molar-refractivity contribution in [3.8, 4) is 0 Å². The molecule has 72 valence electrons. The highest BCUT2D eigenvalue weighted by Crippen LogP contribution is 1.94. The van der Waals surface area contributed by atoms with Gasteiger partial charge >= 0.3 is 5.69 Å². The zero-order valence-corrected chi connectivity index (χ0v) is 7.79. The lowest BCUT2D eigenvalue weighted by Gasteiger charge is -2.09. The van der Waals surface area contributed by atoms with E-state index in [1.54, 1.807) is 14.1 Å². The molecule has 0 saturated heterocycles. The summed E-state index contributed by atoms with van der Waals surface area (Å²) < 4.78 is 2.39. The Hall–Kier alpha value is -1.56. The third-order valence-corrected chi connectivity index (χ3v) is 1.78. The van der Waals surface area contributed by atoms with E-state index in [2.05, 4.69) is 10.9 Å². The second-order valence-corrected chi connectivity index (χ2v) is 2.64. The average Bonchev–Trinajstić information content (AvgIpc) is 2.11. The van der Waals surface area contributed by atoms with E-state index in [0.29, 0.717) is 5.82 Å². The molecule has 13 heavy (non-hydrogen) atoms. The van der Waals surface area contributed by atoms with Crippen molar-refractivity contribution in [2.24, 2.45) is 14.1 Å². The van der Waals surface area contributed by atoms with Crippen molar-refractivity contribution in [1.82, 2.24) is 14.6 Å². The van der Waals surface area contributed by atoms with Gasteiger partial charge < -0.3 is 5.43 Å². The van der Waals surface area contributed by atoms with Crippen molar-refractivity contribution in [3.05, 3.63) is 26.9 Å². The molecule has 0 amide bonds. The van der Waals surface area contributed by atoms with Gasteiger partial charge in [0.1, 0.15) is 5.82 Å². The highest BCUT2D eigenvalue weighted by Gasteiger charge is 2.03. The zero-order chi connectivity index (χ0) is 10.0. The molecule has 0 unspecified atom stereocenters. The summed E-state index contributed by atoms with van der Waals surface area (Å²) in [5.41, 5.74) is 4.64. The largest absolute Gasteiger partial charge is 0.332 e. The maximum atomic E-state index is 11.3. The van der Waals surface area contributed by atoms with Gasteiger partial charge in [-0.3, -0.25) is 13.9 Å². The zero-order valence-electron chi connectivity index (χ0n) is 7.79. The van der Waals surface area contributed by atoms with Gasteiger partial charge in [0.2, 0.25) is 0 Å². The fourth-order valence-corrected chi connectivity index (χ4v) is 0.981. The summed E-state index contributed by atoms with van der Waals surface area (Å²) in [7, 11) is 4.68. The minimum Gasteiger partial charge on any atom is -0.307 e. The fourth-order valence-electron chi connectivity index (χ4n) is 0.981. The molecule has 1 heterocycles. The van der Waals surface area contributed by atoms with Gasteiger partial charge in [0, 0.05) is 27.2 Å². The Labute approximate surface area is 74.8 Å². The molecule has 0 fully saturated rings. The van der Waals surface area contributed by atoms with E-state index in [1.807, 2.05) is 0 Å². The summed E-state index contributed by atoms with van der Waals surface area (Å²) >= 11 is 0. The molecule has 2 N–H and O–H groups in total. The number of nitrogens with one attached hydrogen (secondary N) is 2. The molecule has 1 rings (SSSR count). The first-order chi connectivity index (χ1) is 6.07. The highest BCUT2D eigenvalue weighted by molar-refractivity contribution is 5.31. The van der Waals surface area contributed by atoms with Crippen molar-refractivity contribution >= 4 is 5.82 Å². The second-order valence-electron chi connectivity index (χ2n) is 2.64. The lowest BCUT2D eigenvalue weighted by Crippen LogP contribution is -2.38. The minimum absolute atomic E-state index is 0.333. The number of anilines is 1. The van der Waals surface area contributed by atoms with E-state index in [0.717, 1.165) is 4.57 Å². The molecule has 1 aromatic heterocycles. The van der Waals surface area contributed by atoms with E-state index in [4.69, 9.17) is 0 Å². The smallest absolute Gasteiger partial charge is 0.307 e. The van der Waals surface area contributed by atoms with Gasteiger partial charge in [-0.25, -0.2) is 10.2 Å². The van der Waals surface area contributed by atoms with Gasteiger partial charge in [0.15, 0.2) is 0 Å². The minimum atomic E-state index is -0.356. The van der Waals surface area contributed by atoms with Crippen molar-refractivity contribution in [3.63, 3.8) is 0 Å². The molecule has 0 saturated carbocycles. The van der Waals surface area contributed by atoms with Gasteiger partial charge in [-0.15, -0.1) is 0 Å². The van der Waals surface area contributed by atoms with Crippen molar-refractivity contribution < 1.29 is 0 Å². The van der Waals surface area contributed by atoms with Gasteiger partial charge in [-0.1, -0.05) is 0 Å². The van der Waals surface area contributed by atoms with Gasteiger partial charge in [0.05, 0.1) is 0 Å². The Morgan fingerprint density at radius 2 is 1.85 bits per heavy atom. The maximum Gasteiger partial charge on any atom is 0.332 e. The van der Waals surface area contributed by atoms with Gasteiger partial charge in [-0.2, -0.15) is 0 Å². The molecule has 0 radical (unpaired) electrons. The number of nitrogens with zero attached hydrogens (tertiary/aromatic N) is 2. The predicted molar refractivity (Wildman–Crippen MR) is 49.6 cm³/mol. The number of hydrogen-bond acceptors (Lipinski definition) is 4. The lowest BCUT2D eigenvalue weighted by molar-refractivity contribution is 0.684. The molecule has 6 nitrogen and oxygen atoms in total. The van der Waals surface area contributed by atoms with E-state index in [-0.39, 0.29) is 11.2 Å². The molecule has 0 aromatic carbocycles.